The zero-order valence-corrected chi connectivity index (χ0v) is 8.90. The Morgan fingerprint density at radius 1 is 1.46 bits per heavy atom. The molecular weight excluding hydrogens is 166 g/mol. The molecular formula is C9H17N3O. The van der Waals surface area contributed by atoms with Gasteiger partial charge < -0.3 is 9.47 Å². The second kappa shape index (κ2) is 5.35. The summed E-state index contributed by atoms with van der Waals surface area (Å²) in [5, 5.41) is 0. The Morgan fingerprint density at radius 3 is 2.31 bits per heavy atom. The molecule has 13 heavy (non-hydrogen) atoms. The van der Waals surface area contributed by atoms with E-state index >= 15 is 0 Å². The van der Waals surface area contributed by atoms with Crippen LogP contribution in [0.2, 0.25) is 0 Å². The average molecular weight is 183 g/mol. The smallest absolute Gasteiger partial charge is 0.289 e. The molecule has 0 fully saturated rings. The Bertz CT molecular complexity index is 266. The van der Waals surface area contributed by atoms with Crippen molar-refractivity contribution in [2.45, 2.75) is 13.8 Å². The average Bonchev–Trinajstić information content (AvgIpc) is 2.53. The molecule has 0 saturated heterocycles. The van der Waals surface area contributed by atoms with Crippen molar-refractivity contribution >= 4 is 5.91 Å². The molecule has 0 aliphatic rings. The van der Waals surface area contributed by atoms with E-state index in [-0.39, 0.29) is 5.91 Å². The van der Waals surface area contributed by atoms with E-state index in [2.05, 4.69) is 4.98 Å². The van der Waals surface area contributed by atoms with E-state index < -0.39 is 0 Å². The lowest BCUT2D eigenvalue weighted by molar-refractivity contribution is 0.0812. The zero-order chi connectivity index (χ0) is 10.4. The van der Waals surface area contributed by atoms with Crippen LogP contribution in [0.4, 0.5) is 0 Å². The highest BCUT2D eigenvalue weighted by molar-refractivity contribution is 5.90. The molecule has 0 bridgehead atoms. The van der Waals surface area contributed by atoms with Gasteiger partial charge >= 0.3 is 0 Å². The third-order valence-electron chi connectivity index (χ3n) is 1.42. The largest absolute Gasteiger partial charge is 0.342 e. The first-order valence-electron chi connectivity index (χ1n) is 4.32. The van der Waals surface area contributed by atoms with Crippen molar-refractivity contribution in [3.63, 3.8) is 0 Å². The summed E-state index contributed by atoms with van der Waals surface area (Å²) in [5.74, 6) is 0.396. The van der Waals surface area contributed by atoms with Gasteiger partial charge in [-0.05, 0) is 0 Å². The van der Waals surface area contributed by atoms with Gasteiger partial charge in [-0.2, -0.15) is 0 Å². The minimum atomic E-state index is -0.0718. The number of hydrogen-bond acceptors (Lipinski definition) is 2. The van der Waals surface area contributed by atoms with Gasteiger partial charge in [-0.25, -0.2) is 4.98 Å². The number of aryl methyl sites for hydroxylation is 1. The highest BCUT2D eigenvalue weighted by Crippen LogP contribution is 1.96. The molecule has 0 aliphatic carbocycles. The molecule has 0 atom stereocenters. The maximum absolute atomic E-state index is 11.3. The summed E-state index contributed by atoms with van der Waals surface area (Å²) < 4.78 is 1.70. The summed E-state index contributed by atoms with van der Waals surface area (Å²) in [5.41, 5.74) is 0. The molecule has 1 amide bonds. The molecule has 0 aromatic carbocycles. The van der Waals surface area contributed by atoms with Crippen molar-refractivity contribution in [2.75, 3.05) is 14.1 Å². The van der Waals surface area contributed by atoms with E-state index in [9.17, 15) is 4.79 Å². The van der Waals surface area contributed by atoms with E-state index in [4.69, 9.17) is 0 Å². The van der Waals surface area contributed by atoms with Gasteiger partial charge in [-0.3, -0.25) is 4.79 Å². The second-order valence-corrected chi connectivity index (χ2v) is 2.56. The summed E-state index contributed by atoms with van der Waals surface area (Å²) in [6.07, 6.45) is 3.35. The number of hydrogen-bond donors (Lipinski definition) is 0. The molecule has 1 aromatic heterocycles. The number of nitrogens with zero attached hydrogens (tertiary/aromatic N) is 3. The third-order valence-corrected chi connectivity index (χ3v) is 1.42. The Balaban J connectivity index is 0.000000671. The molecule has 4 nitrogen and oxygen atoms in total. The van der Waals surface area contributed by atoms with Crippen LogP contribution in [0.5, 0.6) is 0 Å². The molecule has 4 heteroatoms. The lowest BCUT2D eigenvalue weighted by Gasteiger charge is -2.08. The van der Waals surface area contributed by atoms with E-state index in [1.54, 1.807) is 38.1 Å². The van der Waals surface area contributed by atoms with Crippen LogP contribution in [-0.2, 0) is 7.05 Å². The van der Waals surface area contributed by atoms with Crippen molar-refractivity contribution in [1.82, 2.24) is 14.5 Å². The molecule has 1 aromatic rings. The van der Waals surface area contributed by atoms with Crippen LogP contribution in [0.3, 0.4) is 0 Å². The second-order valence-electron chi connectivity index (χ2n) is 2.56. The van der Waals surface area contributed by atoms with Crippen molar-refractivity contribution < 1.29 is 4.79 Å². The topological polar surface area (TPSA) is 38.1 Å². The van der Waals surface area contributed by atoms with Gasteiger partial charge in [0.15, 0.2) is 5.82 Å². The lowest BCUT2D eigenvalue weighted by atomic mass is 10.5. The van der Waals surface area contributed by atoms with Gasteiger partial charge in [0.25, 0.3) is 5.91 Å². The summed E-state index contributed by atoms with van der Waals surface area (Å²) in [4.78, 5) is 16.7. The van der Waals surface area contributed by atoms with Crippen LogP contribution in [0.1, 0.15) is 24.5 Å². The maximum atomic E-state index is 11.3. The van der Waals surface area contributed by atoms with Crippen LogP contribution in [-0.4, -0.2) is 34.5 Å². The number of imidazole rings is 1. The number of rotatable bonds is 1. The highest BCUT2D eigenvalue weighted by atomic mass is 16.2. The summed E-state index contributed by atoms with van der Waals surface area (Å²) in [7, 11) is 5.21. The summed E-state index contributed by atoms with van der Waals surface area (Å²) in [6, 6.07) is 0. The quantitative estimate of drug-likeness (QED) is 0.655. The summed E-state index contributed by atoms with van der Waals surface area (Å²) >= 11 is 0. The zero-order valence-electron chi connectivity index (χ0n) is 8.90. The minimum absolute atomic E-state index is 0.0718. The molecule has 0 spiro atoms. The van der Waals surface area contributed by atoms with Gasteiger partial charge in [-0.15, -0.1) is 0 Å². The van der Waals surface area contributed by atoms with Gasteiger partial charge in [0, 0.05) is 33.5 Å². The third kappa shape index (κ3) is 2.89. The number of carbonyl (C=O) groups is 1. The van der Waals surface area contributed by atoms with E-state index in [1.165, 1.54) is 4.90 Å². The van der Waals surface area contributed by atoms with E-state index in [1.807, 2.05) is 13.8 Å². The Labute approximate surface area is 79.2 Å². The predicted octanol–water partition coefficient (Wildman–Crippen LogP) is 1.15. The molecule has 0 radical (unpaired) electrons. The van der Waals surface area contributed by atoms with E-state index in [0.717, 1.165) is 0 Å². The van der Waals surface area contributed by atoms with Crippen LogP contribution < -0.4 is 0 Å². The van der Waals surface area contributed by atoms with Crippen LogP contribution >= 0.6 is 0 Å². The molecule has 0 unspecified atom stereocenters. The normalized spacial score (nSPS) is 8.69. The van der Waals surface area contributed by atoms with Gasteiger partial charge in [0.05, 0.1) is 0 Å². The fraction of sp³-hybridized carbons (Fsp3) is 0.556. The first-order chi connectivity index (χ1) is 6.13. The molecule has 0 aliphatic heterocycles. The molecule has 1 heterocycles. The van der Waals surface area contributed by atoms with Crippen LogP contribution in [0.15, 0.2) is 12.4 Å². The van der Waals surface area contributed by atoms with E-state index in [0.29, 0.717) is 5.82 Å². The maximum Gasteiger partial charge on any atom is 0.289 e. The lowest BCUT2D eigenvalue weighted by Crippen LogP contribution is -2.24. The molecule has 74 valence electrons. The molecule has 1 rings (SSSR count). The predicted molar refractivity (Wildman–Crippen MR) is 52.6 cm³/mol. The van der Waals surface area contributed by atoms with Crippen molar-refractivity contribution in [2.24, 2.45) is 7.05 Å². The molecule has 0 saturated carbocycles. The van der Waals surface area contributed by atoms with Crippen molar-refractivity contribution in [3.8, 4) is 0 Å². The highest BCUT2D eigenvalue weighted by Gasteiger charge is 2.11. The Kier molecular flexibility index (Phi) is 4.80. The first-order valence-corrected chi connectivity index (χ1v) is 4.32. The molecule has 0 N–H and O–H groups in total. The Hall–Kier alpha value is -1.32. The number of carbonyl (C=O) groups excluding carboxylic acids is 1. The standard InChI is InChI=1S/C7H11N3O.C2H6/c1-9(2)7(11)6-8-4-5-10(6)3;1-2/h4-5H,1-3H3;1-2H3. The van der Waals surface area contributed by atoms with Crippen LogP contribution in [0, 0.1) is 0 Å². The number of amides is 1. The van der Waals surface area contributed by atoms with Gasteiger partial charge in [-0.1, -0.05) is 13.8 Å². The fourth-order valence-electron chi connectivity index (χ4n) is 0.772. The fourth-order valence-corrected chi connectivity index (χ4v) is 0.772. The van der Waals surface area contributed by atoms with Crippen LogP contribution in [0.25, 0.3) is 0 Å². The van der Waals surface area contributed by atoms with Gasteiger partial charge in [0.1, 0.15) is 0 Å². The summed E-state index contributed by atoms with van der Waals surface area (Å²) in [6.45, 7) is 4.00. The van der Waals surface area contributed by atoms with Gasteiger partial charge in [0.2, 0.25) is 0 Å². The number of aromatic nitrogens is 2. The monoisotopic (exact) mass is 183 g/mol. The minimum Gasteiger partial charge on any atom is -0.342 e. The van der Waals surface area contributed by atoms with Crippen molar-refractivity contribution in [3.05, 3.63) is 18.2 Å². The Morgan fingerprint density at radius 2 is 2.00 bits per heavy atom. The SMILES string of the molecule is CC.CN(C)C(=O)c1nccn1C. The first kappa shape index (κ1) is 11.7. The van der Waals surface area contributed by atoms with Crippen molar-refractivity contribution in [1.29, 1.82) is 0 Å².